The molecular formula is C41H48FN3O3SSi2. The van der Waals surface area contributed by atoms with Gasteiger partial charge >= 0.3 is 5.69 Å². The monoisotopic (exact) mass is 737 g/mol. The number of anilines is 1. The second-order valence-corrected chi connectivity index (χ2v) is 25.2. The summed E-state index contributed by atoms with van der Waals surface area (Å²) in [6.45, 7) is 13.5. The lowest BCUT2D eigenvalue weighted by Gasteiger charge is -2.46. The number of hydrogen-bond acceptors (Lipinski definition) is 6. The van der Waals surface area contributed by atoms with E-state index in [9.17, 15) is 4.79 Å². The number of rotatable bonds is 10. The second-order valence-electron chi connectivity index (χ2n) is 15.3. The summed E-state index contributed by atoms with van der Waals surface area (Å²) in [6, 6.07) is 43.0. The van der Waals surface area contributed by atoms with Crippen molar-refractivity contribution in [3.63, 3.8) is 0 Å². The van der Waals surface area contributed by atoms with E-state index >= 15 is 4.39 Å². The number of aromatic nitrogens is 2. The predicted octanol–water partition coefficient (Wildman–Crippen LogP) is 6.30. The highest BCUT2D eigenvalue weighted by Gasteiger charge is 2.58. The molecule has 10 heteroatoms. The average molecular weight is 738 g/mol. The number of hydrogen-bond donors (Lipinski definition) is 1. The molecule has 5 aromatic rings. The van der Waals surface area contributed by atoms with Crippen LogP contribution in [0.5, 0.6) is 0 Å². The Morgan fingerprint density at radius 3 is 1.51 bits per heavy atom. The van der Waals surface area contributed by atoms with Crippen molar-refractivity contribution in [3.05, 3.63) is 144 Å². The van der Waals surface area contributed by atoms with Crippen molar-refractivity contribution < 1.29 is 13.2 Å². The highest BCUT2D eigenvalue weighted by atomic mass is 32.2. The van der Waals surface area contributed by atoms with Crippen LogP contribution in [0.25, 0.3) is 0 Å². The first-order valence-corrected chi connectivity index (χ1v) is 22.2. The highest BCUT2D eigenvalue weighted by molar-refractivity contribution is 8.00. The Bertz CT molecular complexity index is 1880. The second kappa shape index (κ2) is 14.7. The van der Waals surface area contributed by atoms with Crippen molar-refractivity contribution in [1.82, 2.24) is 9.55 Å². The van der Waals surface area contributed by atoms with E-state index in [1.165, 1.54) is 16.3 Å². The molecule has 1 aromatic heterocycles. The molecular weight excluding hydrogens is 690 g/mol. The number of alkyl halides is 1. The predicted molar refractivity (Wildman–Crippen MR) is 214 cm³/mol. The number of nitrogens with two attached hydrogens (primary N) is 1. The Hall–Kier alpha value is -3.81. The Morgan fingerprint density at radius 1 is 0.706 bits per heavy atom. The third-order valence-corrected chi connectivity index (χ3v) is 21.6. The molecule has 6 nitrogen and oxygen atoms in total. The molecule has 1 aliphatic rings. The van der Waals surface area contributed by atoms with Gasteiger partial charge in [0.2, 0.25) is 0 Å². The van der Waals surface area contributed by atoms with E-state index in [1.54, 1.807) is 12.3 Å². The van der Waals surface area contributed by atoms with Gasteiger partial charge in [0, 0.05) is 12.8 Å². The van der Waals surface area contributed by atoms with Crippen LogP contribution in [0.3, 0.4) is 0 Å². The molecule has 0 aliphatic carbocycles. The average Bonchev–Trinajstić information content (AvgIpc) is 3.41. The van der Waals surface area contributed by atoms with E-state index in [1.807, 2.05) is 48.5 Å². The van der Waals surface area contributed by atoms with Crippen LogP contribution in [0.15, 0.2) is 138 Å². The van der Waals surface area contributed by atoms with Crippen molar-refractivity contribution in [2.45, 2.75) is 74.5 Å². The van der Waals surface area contributed by atoms with Crippen LogP contribution in [0.2, 0.25) is 10.1 Å². The Morgan fingerprint density at radius 2 is 1.12 bits per heavy atom. The minimum Gasteiger partial charge on any atom is -0.406 e. The van der Waals surface area contributed by atoms with Gasteiger partial charge in [0.1, 0.15) is 11.2 Å². The van der Waals surface area contributed by atoms with Crippen LogP contribution in [-0.4, -0.2) is 50.3 Å². The van der Waals surface area contributed by atoms with Crippen molar-refractivity contribution in [1.29, 1.82) is 0 Å². The molecule has 1 aliphatic heterocycles. The zero-order chi connectivity index (χ0) is 36.4. The van der Waals surface area contributed by atoms with Crippen LogP contribution < -0.4 is 32.2 Å². The fraction of sp³-hybridized carbons (Fsp3) is 0.317. The lowest BCUT2D eigenvalue weighted by molar-refractivity contribution is 0.0760. The molecule has 4 atom stereocenters. The number of nitrogen functional groups attached to an aromatic ring is 1. The third kappa shape index (κ3) is 6.92. The largest absolute Gasteiger partial charge is 0.406 e. The van der Waals surface area contributed by atoms with E-state index in [2.05, 4.69) is 119 Å². The number of benzene rings is 4. The van der Waals surface area contributed by atoms with Gasteiger partial charge in [0.05, 0.1) is 11.4 Å². The molecule has 1 saturated heterocycles. The summed E-state index contributed by atoms with van der Waals surface area (Å²) in [7, 11) is -6.20. The first-order valence-electron chi connectivity index (χ1n) is 17.5. The van der Waals surface area contributed by atoms with E-state index in [0.29, 0.717) is 0 Å². The van der Waals surface area contributed by atoms with Crippen molar-refractivity contribution >= 4 is 55.0 Å². The molecule has 2 heterocycles. The summed E-state index contributed by atoms with van der Waals surface area (Å²) in [5, 5.41) is 2.39. The maximum atomic E-state index is 17.5. The number of nitrogens with zero attached hydrogens (tertiary/aromatic N) is 2. The van der Waals surface area contributed by atoms with E-state index in [4.69, 9.17) is 14.6 Å². The molecule has 4 aromatic carbocycles. The van der Waals surface area contributed by atoms with Crippen molar-refractivity contribution in [2.24, 2.45) is 0 Å². The van der Waals surface area contributed by atoms with Crippen LogP contribution in [0.1, 0.15) is 46.9 Å². The molecule has 1 fully saturated rings. The quantitative estimate of drug-likeness (QED) is 0.170. The fourth-order valence-electron chi connectivity index (χ4n) is 7.68. The normalized spacial score (nSPS) is 20.0. The topological polar surface area (TPSA) is 79.4 Å². The molecule has 0 saturated carbocycles. The molecule has 0 bridgehead atoms. The zero-order valence-corrected chi connectivity index (χ0v) is 33.0. The van der Waals surface area contributed by atoms with Crippen molar-refractivity contribution in [2.75, 3.05) is 12.3 Å². The van der Waals surface area contributed by atoms with Gasteiger partial charge in [0.25, 0.3) is 16.6 Å². The Balaban J connectivity index is 1.51. The first-order chi connectivity index (χ1) is 24.3. The molecule has 0 amide bonds. The van der Waals surface area contributed by atoms with Gasteiger partial charge in [-0.15, -0.1) is 11.8 Å². The fourth-order valence-corrected chi connectivity index (χ4v) is 18.7. The SMILES string of the molecule is CC(C)(C)[Si](OC[C@H]1SC(n2ccc(N)nc2=O)[C@@H](F)[C@@H]1O[Si](c1ccccc1)(c1ccccc1)C(C)(C)C)(c1ccccc1)c1ccccc1. The Kier molecular flexibility index (Phi) is 10.6. The number of thioether (sulfide) groups is 1. The summed E-state index contributed by atoms with van der Waals surface area (Å²) in [5.41, 5.74) is 5.27. The summed E-state index contributed by atoms with van der Waals surface area (Å²) >= 11 is 1.38. The van der Waals surface area contributed by atoms with Gasteiger partial charge in [-0.25, -0.2) is 9.18 Å². The highest BCUT2D eigenvalue weighted by Crippen LogP contribution is 2.49. The van der Waals surface area contributed by atoms with Crippen LogP contribution in [-0.2, 0) is 8.85 Å². The van der Waals surface area contributed by atoms with Gasteiger partial charge in [-0.05, 0) is 36.9 Å². The van der Waals surface area contributed by atoms with Crippen molar-refractivity contribution in [3.8, 4) is 0 Å². The van der Waals surface area contributed by atoms with E-state index < -0.39 is 45.2 Å². The molecule has 0 spiro atoms. The van der Waals surface area contributed by atoms with Gasteiger partial charge in [-0.3, -0.25) is 4.57 Å². The standard InChI is InChI=1S/C41H48FN3O3SSi2/c1-40(2,3)50(30-19-11-7-12-20-30,31-21-13-8-14-22-31)47-29-34-37(36(42)38(49-34)45-28-27-35(43)44-39(45)46)48-51(41(4,5)6,32-23-15-9-16-24-32)33-25-17-10-18-26-33/h7-28,34,36-38H,29H2,1-6H3,(H2,43,44,46)/t34-,36+,37-,38?/m1/s1. The van der Waals surface area contributed by atoms with E-state index in [0.717, 1.165) is 20.7 Å². The van der Waals surface area contributed by atoms with Gasteiger partial charge in [0.15, 0.2) is 6.17 Å². The first kappa shape index (κ1) is 37.0. The summed E-state index contributed by atoms with van der Waals surface area (Å²) in [4.78, 5) is 17.2. The smallest absolute Gasteiger partial charge is 0.350 e. The minimum absolute atomic E-state index is 0.0985. The molecule has 266 valence electrons. The molecule has 51 heavy (non-hydrogen) atoms. The van der Waals surface area contributed by atoms with Crippen LogP contribution >= 0.6 is 11.8 Å². The van der Waals surface area contributed by atoms with Gasteiger partial charge in [-0.2, -0.15) is 4.98 Å². The maximum absolute atomic E-state index is 17.5. The summed E-state index contributed by atoms with van der Waals surface area (Å²) in [6.07, 6.45) is -0.915. The maximum Gasteiger partial charge on any atom is 0.350 e. The molecule has 0 radical (unpaired) electrons. The molecule has 2 N–H and O–H groups in total. The minimum atomic E-state index is -3.21. The summed E-state index contributed by atoms with van der Waals surface area (Å²) in [5.74, 6) is 0.0985. The third-order valence-electron chi connectivity index (χ3n) is 10.0. The lowest BCUT2D eigenvalue weighted by Crippen LogP contribution is -2.69. The van der Waals surface area contributed by atoms with Gasteiger partial charge in [-0.1, -0.05) is 163 Å². The summed E-state index contributed by atoms with van der Waals surface area (Å²) < 4.78 is 33.9. The van der Waals surface area contributed by atoms with Crippen LogP contribution in [0.4, 0.5) is 10.2 Å². The zero-order valence-electron chi connectivity index (χ0n) is 30.2. The van der Waals surface area contributed by atoms with E-state index in [-0.39, 0.29) is 22.5 Å². The van der Waals surface area contributed by atoms with Gasteiger partial charge < -0.3 is 14.6 Å². The van der Waals surface area contributed by atoms with Crippen LogP contribution in [0, 0.1) is 0 Å². The Labute approximate surface area is 307 Å². The molecule has 6 rings (SSSR count). The lowest BCUT2D eigenvalue weighted by atomic mass is 10.1. The number of halogens is 1. The molecule has 1 unspecified atom stereocenters.